The van der Waals surface area contributed by atoms with Crippen LogP contribution in [0.15, 0.2) is 65.6 Å². The van der Waals surface area contributed by atoms with Gasteiger partial charge < -0.3 is 20.1 Å². The summed E-state index contributed by atoms with van der Waals surface area (Å²) in [6.07, 6.45) is 1.40. The quantitative estimate of drug-likeness (QED) is 0.437. The molecule has 0 aliphatic heterocycles. The number of methoxy groups -OCH3 is 2. The van der Waals surface area contributed by atoms with Gasteiger partial charge >= 0.3 is 5.69 Å². The molecule has 0 radical (unpaired) electrons. The van der Waals surface area contributed by atoms with Gasteiger partial charge in [-0.25, -0.2) is 13.9 Å². The third-order valence-electron chi connectivity index (χ3n) is 5.09. The second kappa shape index (κ2) is 9.49. The molecule has 2 amide bonds. The van der Waals surface area contributed by atoms with Gasteiger partial charge in [0.15, 0.2) is 5.65 Å². The molecular formula is C24H23N5O5. The van der Waals surface area contributed by atoms with Gasteiger partial charge in [-0.05, 0) is 48.9 Å². The minimum Gasteiger partial charge on any atom is -0.497 e. The Hall–Kier alpha value is -4.60. The first kappa shape index (κ1) is 22.6. The van der Waals surface area contributed by atoms with E-state index < -0.39 is 11.6 Å². The van der Waals surface area contributed by atoms with Crippen molar-refractivity contribution in [3.8, 4) is 11.5 Å². The lowest BCUT2D eigenvalue weighted by molar-refractivity contribution is -0.117. The molecule has 2 heterocycles. The Morgan fingerprint density at radius 2 is 1.82 bits per heavy atom. The smallest absolute Gasteiger partial charge is 0.350 e. The first-order valence-electron chi connectivity index (χ1n) is 10.4. The van der Waals surface area contributed by atoms with Gasteiger partial charge in [-0.1, -0.05) is 12.1 Å². The van der Waals surface area contributed by atoms with Crippen LogP contribution < -0.4 is 25.8 Å². The number of pyridine rings is 1. The average molecular weight is 461 g/mol. The number of nitrogens with one attached hydrogen (secondary N) is 2. The molecule has 0 atom stereocenters. The van der Waals surface area contributed by atoms with Crippen molar-refractivity contribution in [3.63, 3.8) is 0 Å². The van der Waals surface area contributed by atoms with E-state index in [9.17, 15) is 14.4 Å². The zero-order valence-electron chi connectivity index (χ0n) is 18.9. The number of rotatable bonds is 7. The summed E-state index contributed by atoms with van der Waals surface area (Å²) in [5.74, 6) is 0.163. The number of carbonyl (C=O) groups excluding carboxylic acids is 2. The lowest BCUT2D eigenvalue weighted by Gasteiger charge is -2.11. The number of benzene rings is 2. The van der Waals surface area contributed by atoms with Crippen LogP contribution in [0.4, 0.5) is 11.4 Å². The summed E-state index contributed by atoms with van der Waals surface area (Å²) < 4.78 is 12.7. The van der Waals surface area contributed by atoms with E-state index >= 15 is 0 Å². The molecule has 0 spiro atoms. The second-order valence-electron chi connectivity index (χ2n) is 7.52. The molecule has 10 heteroatoms. The number of nitrogens with zero attached hydrogens (tertiary/aromatic N) is 3. The lowest BCUT2D eigenvalue weighted by Crippen LogP contribution is -2.28. The lowest BCUT2D eigenvalue weighted by atomic mass is 10.2. The normalized spacial score (nSPS) is 10.7. The molecule has 2 aromatic carbocycles. The highest BCUT2D eigenvalue weighted by Crippen LogP contribution is 2.28. The summed E-state index contributed by atoms with van der Waals surface area (Å²) in [6, 6.07) is 15.5. The van der Waals surface area contributed by atoms with Crippen molar-refractivity contribution in [2.24, 2.45) is 0 Å². The highest BCUT2D eigenvalue weighted by Gasteiger charge is 2.15. The van der Waals surface area contributed by atoms with Gasteiger partial charge in [-0.15, -0.1) is 5.10 Å². The van der Waals surface area contributed by atoms with Crippen LogP contribution in [0.25, 0.3) is 5.65 Å². The average Bonchev–Trinajstić information content (AvgIpc) is 3.13. The minimum absolute atomic E-state index is 0.281. The van der Waals surface area contributed by atoms with E-state index in [-0.39, 0.29) is 18.0 Å². The fourth-order valence-electron chi connectivity index (χ4n) is 3.41. The van der Waals surface area contributed by atoms with Gasteiger partial charge in [0, 0.05) is 18.0 Å². The number of fused-ring (bicyclic) bond motifs is 1. The van der Waals surface area contributed by atoms with Crippen molar-refractivity contribution in [1.82, 2.24) is 14.2 Å². The molecule has 0 aliphatic rings. The summed E-state index contributed by atoms with van der Waals surface area (Å²) in [5, 5.41) is 9.69. The van der Waals surface area contributed by atoms with E-state index in [1.54, 1.807) is 36.4 Å². The molecule has 0 saturated heterocycles. The largest absolute Gasteiger partial charge is 0.497 e. The van der Waals surface area contributed by atoms with Gasteiger partial charge in [0.2, 0.25) is 5.91 Å². The minimum atomic E-state index is -0.544. The van der Waals surface area contributed by atoms with Crippen molar-refractivity contribution in [1.29, 1.82) is 0 Å². The van der Waals surface area contributed by atoms with E-state index in [4.69, 9.17) is 9.47 Å². The van der Waals surface area contributed by atoms with Gasteiger partial charge in [-0.2, -0.15) is 0 Å². The summed E-state index contributed by atoms with van der Waals surface area (Å²) in [4.78, 5) is 38.0. The van der Waals surface area contributed by atoms with E-state index in [1.807, 2.05) is 25.1 Å². The molecule has 0 aliphatic carbocycles. The Morgan fingerprint density at radius 3 is 2.56 bits per heavy atom. The molecular weight excluding hydrogens is 438 g/mol. The number of amides is 2. The Morgan fingerprint density at radius 1 is 1.00 bits per heavy atom. The summed E-state index contributed by atoms with van der Waals surface area (Å²) in [7, 11) is 3.00. The SMILES string of the molecule is COc1ccc(NC(=O)Cn2nc3ccc(C(=O)Nc4cccc(C)c4)cn3c2=O)c(OC)c1. The zero-order chi connectivity index (χ0) is 24.2. The number of carbonyl (C=O) groups is 2. The number of anilines is 2. The van der Waals surface area contributed by atoms with Crippen molar-refractivity contribution in [2.75, 3.05) is 24.9 Å². The third-order valence-corrected chi connectivity index (χ3v) is 5.09. The topological polar surface area (TPSA) is 116 Å². The second-order valence-corrected chi connectivity index (χ2v) is 7.52. The van der Waals surface area contributed by atoms with Gasteiger partial charge in [0.1, 0.15) is 18.0 Å². The number of hydrogen-bond acceptors (Lipinski definition) is 6. The third kappa shape index (κ3) is 4.75. The standard InChI is InChI=1S/C24H23N5O5/c1-15-5-4-6-17(11-15)25-23(31)16-7-10-21-27-29(24(32)28(21)13-16)14-22(30)26-19-9-8-18(33-2)12-20(19)34-3/h4-13H,14H2,1-3H3,(H,25,31)(H,26,30). The maximum Gasteiger partial charge on any atom is 0.350 e. The summed E-state index contributed by atoms with van der Waals surface area (Å²) in [6.45, 7) is 1.61. The van der Waals surface area contributed by atoms with E-state index in [0.717, 1.165) is 10.2 Å². The number of ether oxygens (including phenoxy) is 2. The van der Waals surface area contributed by atoms with Crippen LogP contribution in [-0.2, 0) is 11.3 Å². The molecule has 0 unspecified atom stereocenters. The van der Waals surface area contributed by atoms with Crippen molar-refractivity contribution in [2.45, 2.75) is 13.5 Å². The van der Waals surface area contributed by atoms with Crippen molar-refractivity contribution >= 4 is 28.8 Å². The molecule has 4 rings (SSSR count). The van der Waals surface area contributed by atoms with E-state index in [2.05, 4.69) is 15.7 Å². The Labute approximate surface area is 194 Å². The first-order valence-corrected chi connectivity index (χ1v) is 10.4. The van der Waals surface area contributed by atoms with Crippen LogP contribution in [0.1, 0.15) is 15.9 Å². The predicted molar refractivity (Wildman–Crippen MR) is 127 cm³/mol. The zero-order valence-corrected chi connectivity index (χ0v) is 18.9. The molecule has 4 aromatic rings. The monoisotopic (exact) mass is 461 g/mol. The van der Waals surface area contributed by atoms with Gasteiger partial charge in [-0.3, -0.25) is 9.59 Å². The molecule has 34 heavy (non-hydrogen) atoms. The van der Waals surface area contributed by atoms with E-state index in [0.29, 0.717) is 28.5 Å². The molecule has 10 nitrogen and oxygen atoms in total. The number of hydrogen-bond donors (Lipinski definition) is 2. The number of aryl methyl sites for hydroxylation is 1. The van der Waals surface area contributed by atoms with Crippen molar-refractivity contribution < 1.29 is 19.1 Å². The highest BCUT2D eigenvalue weighted by molar-refractivity contribution is 6.04. The van der Waals surface area contributed by atoms with Crippen LogP contribution in [0.3, 0.4) is 0 Å². The molecule has 0 fully saturated rings. The summed E-state index contributed by atoms with van der Waals surface area (Å²) in [5.41, 5.74) is 2.14. The van der Waals surface area contributed by atoms with Crippen molar-refractivity contribution in [3.05, 3.63) is 82.4 Å². The molecule has 2 N–H and O–H groups in total. The van der Waals surface area contributed by atoms with Crippen LogP contribution in [-0.4, -0.2) is 40.2 Å². The Bertz CT molecular complexity index is 1440. The van der Waals surface area contributed by atoms with Gasteiger partial charge in [0.25, 0.3) is 5.91 Å². The van der Waals surface area contributed by atoms with Crippen LogP contribution in [0.5, 0.6) is 11.5 Å². The maximum atomic E-state index is 12.8. The predicted octanol–water partition coefficient (Wildman–Crippen LogP) is 2.71. The molecule has 0 saturated carbocycles. The first-order chi connectivity index (χ1) is 16.4. The highest BCUT2D eigenvalue weighted by atomic mass is 16.5. The fourth-order valence-corrected chi connectivity index (χ4v) is 3.41. The molecule has 174 valence electrons. The Balaban J connectivity index is 1.52. The fraction of sp³-hybridized carbons (Fsp3) is 0.167. The number of aromatic nitrogens is 3. The van der Waals surface area contributed by atoms with Crippen LogP contribution in [0.2, 0.25) is 0 Å². The summed E-state index contributed by atoms with van der Waals surface area (Å²) >= 11 is 0. The van der Waals surface area contributed by atoms with Crippen LogP contribution >= 0.6 is 0 Å². The van der Waals surface area contributed by atoms with Crippen LogP contribution in [0, 0.1) is 6.92 Å². The van der Waals surface area contributed by atoms with E-state index in [1.165, 1.54) is 24.8 Å². The maximum absolute atomic E-state index is 12.8. The molecule has 2 aromatic heterocycles. The van der Waals surface area contributed by atoms with Gasteiger partial charge in [0.05, 0.1) is 25.5 Å². The molecule has 0 bridgehead atoms. The Kier molecular flexibility index (Phi) is 6.30.